The molecule has 0 aromatic rings. The Balaban J connectivity index is 0. The molecule has 0 aliphatic carbocycles. The van der Waals surface area contributed by atoms with Crippen LogP contribution in [0.4, 0.5) is 0 Å². The van der Waals surface area contributed by atoms with Gasteiger partial charge in [-0.05, 0) is 20.8 Å². The minimum atomic E-state index is -3.34. The highest BCUT2D eigenvalue weighted by Gasteiger charge is 2.23. The summed E-state index contributed by atoms with van der Waals surface area (Å²) in [5, 5.41) is 4.78. The molecule has 0 aliphatic rings. The van der Waals surface area contributed by atoms with Gasteiger partial charge in [0.25, 0.3) is 0 Å². The van der Waals surface area contributed by atoms with E-state index in [1.54, 1.807) is 20.8 Å². The Morgan fingerprint density at radius 3 is 1.33 bits per heavy atom. The lowest BCUT2D eigenvalue weighted by atomic mass is 10.3. The van der Waals surface area contributed by atoms with Gasteiger partial charge in [-0.2, -0.15) is 0 Å². The van der Waals surface area contributed by atoms with Crippen LogP contribution < -0.4 is 5.14 Å². The van der Waals surface area contributed by atoms with E-state index >= 15 is 0 Å². The molecule has 0 spiro atoms. The van der Waals surface area contributed by atoms with Gasteiger partial charge in [-0.15, -0.1) is 12.4 Å². The fraction of sp³-hybridized carbons (Fsp3) is 1.00. The van der Waals surface area contributed by atoms with Gasteiger partial charge in [-0.25, -0.2) is 13.6 Å². The number of hydrogen-bond acceptors (Lipinski definition) is 2. The van der Waals surface area contributed by atoms with Crippen molar-refractivity contribution in [3.63, 3.8) is 0 Å². The van der Waals surface area contributed by atoms with E-state index in [1.165, 1.54) is 0 Å². The summed E-state index contributed by atoms with van der Waals surface area (Å²) in [6.07, 6.45) is 0. The van der Waals surface area contributed by atoms with Crippen molar-refractivity contribution in [2.75, 3.05) is 0 Å². The Morgan fingerprint density at radius 2 is 1.33 bits per heavy atom. The van der Waals surface area contributed by atoms with Crippen molar-refractivity contribution >= 4 is 22.4 Å². The van der Waals surface area contributed by atoms with Crippen molar-refractivity contribution in [3.05, 3.63) is 0 Å². The second-order valence-corrected chi connectivity index (χ2v) is 4.97. The van der Waals surface area contributed by atoms with E-state index in [9.17, 15) is 8.42 Å². The van der Waals surface area contributed by atoms with Crippen LogP contribution in [0.5, 0.6) is 0 Å². The third-order valence-electron chi connectivity index (χ3n) is 0.854. The lowest BCUT2D eigenvalue weighted by Crippen LogP contribution is -2.34. The smallest absolute Gasteiger partial charge is 0.214 e. The largest absolute Gasteiger partial charge is 0.228 e. The first-order chi connectivity index (χ1) is 3.25. The van der Waals surface area contributed by atoms with E-state index in [0.717, 1.165) is 0 Å². The molecule has 9 heavy (non-hydrogen) atoms. The molecule has 0 aromatic carbocycles. The molecule has 3 nitrogen and oxygen atoms in total. The van der Waals surface area contributed by atoms with Crippen LogP contribution in [0.1, 0.15) is 20.8 Å². The molecule has 0 rings (SSSR count). The summed E-state index contributed by atoms with van der Waals surface area (Å²) >= 11 is 0. The molecule has 0 amide bonds. The van der Waals surface area contributed by atoms with Crippen molar-refractivity contribution in [2.24, 2.45) is 5.14 Å². The monoisotopic (exact) mass is 173 g/mol. The van der Waals surface area contributed by atoms with Gasteiger partial charge in [0.05, 0.1) is 4.75 Å². The number of rotatable bonds is 0. The molecule has 0 radical (unpaired) electrons. The van der Waals surface area contributed by atoms with Gasteiger partial charge in [-0.3, -0.25) is 0 Å². The second kappa shape index (κ2) is 2.86. The number of primary sulfonamides is 1. The fourth-order valence-electron chi connectivity index (χ4n) is 0. The highest BCUT2D eigenvalue weighted by molar-refractivity contribution is 7.90. The second-order valence-electron chi connectivity index (χ2n) is 2.66. The fourth-order valence-corrected chi connectivity index (χ4v) is 0. The van der Waals surface area contributed by atoms with E-state index in [0.29, 0.717) is 0 Å². The Morgan fingerprint density at radius 1 is 1.22 bits per heavy atom. The first-order valence-corrected chi connectivity index (χ1v) is 3.82. The minimum absolute atomic E-state index is 0. The summed E-state index contributed by atoms with van der Waals surface area (Å²) < 4.78 is 20.0. The predicted octanol–water partition coefficient (Wildman–Crippen LogP) is 0.495. The average molecular weight is 174 g/mol. The SMILES string of the molecule is CC(C)(C)S(N)(=O)=O.Cl. The molecule has 2 N–H and O–H groups in total. The topological polar surface area (TPSA) is 60.2 Å². The van der Waals surface area contributed by atoms with E-state index < -0.39 is 14.8 Å². The summed E-state index contributed by atoms with van der Waals surface area (Å²) in [6, 6.07) is 0. The van der Waals surface area contributed by atoms with Gasteiger partial charge < -0.3 is 0 Å². The molecule has 0 aromatic heterocycles. The normalized spacial score (nSPS) is 12.4. The predicted molar refractivity (Wildman–Crippen MR) is 40.1 cm³/mol. The van der Waals surface area contributed by atoms with Gasteiger partial charge in [0.15, 0.2) is 0 Å². The van der Waals surface area contributed by atoms with Crippen LogP contribution in [-0.2, 0) is 10.0 Å². The van der Waals surface area contributed by atoms with Gasteiger partial charge in [0.1, 0.15) is 0 Å². The minimum Gasteiger partial charge on any atom is -0.228 e. The standard InChI is InChI=1S/C4H11NO2S.ClH/c1-4(2,3)8(5,6)7;/h1-3H3,(H2,5,6,7);1H. The molecule has 0 bridgehead atoms. The van der Waals surface area contributed by atoms with Gasteiger partial charge in [-0.1, -0.05) is 0 Å². The maximum absolute atomic E-state index is 10.4. The lowest BCUT2D eigenvalue weighted by Gasteiger charge is -2.13. The summed E-state index contributed by atoms with van der Waals surface area (Å²) in [6.45, 7) is 4.67. The molecule has 0 fully saturated rings. The molecule has 0 aliphatic heterocycles. The van der Waals surface area contributed by atoms with Crippen LogP contribution in [0.2, 0.25) is 0 Å². The Kier molecular flexibility index (Phi) is 3.79. The van der Waals surface area contributed by atoms with Crippen LogP contribution in [-0.4, -0.2) is 13.2 Å². The molecule has 5 heteroatoms. The third-order valence-corrected chi connectivity index (χ3v) is 2.56. The van der Waals surface area contributed by atoms with Gasteiger partial charge in [0, 0.05) is 0 Å². The molecule has 58 valence electrons. The van der Waals surface area contributed by atoms with Crippen molar-refractivity contribution in [2.45, 2.75) is 25.5 Å². The summed E-state index contributed by atoms with van der Waals surface area (Å²) in [5.74, 6) is 0. The van der Waals surface area contributed by atoms with Crippen molar-refractivity contribution in [1.82, 2.24) is 0 Å². The zero-order chi connectivity index (χ0) is 7.00. The van der Waals surface area contributed by atoms with Crippen LogP contribution >= 0.6 is 12.4 Å². The summed E-state index contributed by atoms with van der Waals surface area (Å²) in [4.78, 5) is 0. The first kappa shape index (κ1) is 11.9. The first-order valence-electron chi connectivity index (χ1n) is 2.27. The number of hydrogen-bond donors (Lipinski definition) is 1. The van der Waals surface area contributed by atoms with E-state index in [4.69, 9.17) is 5.14 Å². The molecular weight excluding hydrogens is 162 g/mol. The molecule has 0 atom stereocenters. The molecular formula is C4H12ClNO2S. The zero-order valence-electron chi connectivity index (χ0n) is 5.71. The Hall–Kier alpha value is 0.200. The Labute approximate surface area is 62.1 Å². The molecule has 0 saturated carbocycles. The van der Waals surface area contributed by atoms with Crippen molar-refractivity contribution < 1.29 is 8.42 Å². The molecule has 0 saturated heterocycles. The molecule has 0 heterocycles. The quantitative estimate of drug-likeness (QED) is 0.580. The maximum Gasteiger partial charge on any atom is 0.214 e. The van der Waals surface area contributed by atoms with Gasteiger partial charge in [0.2, 0.25) is 10.0 Å². The third kappa shape index (κ3) is 3.72. The average Bonchev–Trinajstić information content (AvgIpc) is 1.25. The summed E-state index contributed by atoms with van der Waals surface area (Å²) in [5.41, 5.74) is 0. The van der Waals surface area contributed by atoms with Crippen LogP contribution in [0.25, 0.3) is 0 Å². The van der Waals surface area contributed by atoms with Crippen LogP contribution in [0.3, 0.4) is 0 Å². The summed E-state index contributed by atoms with van der Waals surface area (Å²) in [7, 11) is -3.34. The number of nitrogens with two attached hydrogens (primary N) is 1. The highest BCUT2D eigenvalue weighted by Crippen LogP contribution is 2.09. The highest BCUT2D eigenvalue weighted by atomic mass is 35.5. The Bertz CT molecular complexity index is 167. The molecule has 0 unspecified atom stereocenters. The van der Waals surface area contributed by atoms with E-state index in [-0.39, 0.29) is 12.4 Å². The number of sulfonamides is 1. The van der Waals surface area contributed by atoms with E-state index in [1.807, 2.05) is 0 Å². The van der Waals surface area contributed by atoms with E-state index in [2.05, 4.69) is 0 Å². The lowest BCUT2D eigenvalue weighted by molar-refractivity contribution is 0.562. The number of halogens is 1. The van der Waals surface area contributed by atoms with Gasteiger partial charge >= 0.3 is 0 Å². The van der Waals surface area contributed by atoms with Crippen molar-refractivity contribution in [1.29, 1.82) is 0 Å². The maximum atomic E-state index is 10.4. The van der Waals surface area contributed by atoms with Crippen LogP contribution in [0.15, 0.2) is 0 Å². The zero-order valence-corrected chi connectivity index (χ0v) is 7.34. The van der Waals surface area contributed by atoms with Crippen LogP contribution in [0, 0.1) is 0 Å². The van der Waals surface area contributed by atoms with Crippen molar-refractivity contribution in [3.8, 4) is 0 Å².